The molecule has 1 heterocycles. The Labute approximate surface area is 128 Å². The number of carboxylic acids is 1. The predicted octanol–water partition coefficient (Wildman–Crippen LogP) is -0.997. The largest absolute Gasteiger partial charge is 0.481 e. The average Bonchev–Trinajstić information content (AvgIpc) is 2.44. The van der Waals surface area contributed by atoms with E-state index in [1.807, 2.05) is 0 Å². The second-order valence-corrected chi connectivity index (χ2v) is 5.66. The Bertz CT molecular complexity index is 319. The van der Waals surface area contributed by atoms with E-state index in [2.05, 4.69) is 9.37 Å². The molecule has 0 aromatic rings. The van der Waals surface area contributed by atoms with Crippen LogP contribution in [0.4, 0.5) is 0 Å². The molecule has 1 aliphatic rings. The highest BCUT2D eigenvalue weighted by molar-refractivity contribution is 7.99. The fourth-order valence-electron chi connectivity index (χ4n) is 1.64. The predicted molar refractivity (Wildman–Crippen MR) is 69.7 cm³/mol. The maximum atomic E-state index is 10.5. The lowest BCUT2D eigenvalue weighted by Gasteiger charge is -2.40. The summed E-state index contributed by atoms with van der Waals surface area (Å²) in [4.78, 5) is 10.5. The minimum Gasteiger partial charge on any atom is -0.481 e. The Balaban J connectivity index is 2.60. The van der Waals surface area contributed by atoms with Crippen LogP contribution >= 0.6 is 24.1 Å². The molecule has 124 valence electrons. The first-order chi connectivity index (χ1) is 10.0. The molecule has 1 rings (SSSR count). The molecule has 0 spiro atoms. The van der Waals surface area contributed by atoms with Crippen LogP contribution < -0.4 is 0 Å². The molecule has 1 fully saturated rings. The molecule has 0 aromatic heterocycles. The highest BCUT2D eigenvalue weighted by Gasteiger charge is 2.45. The van der Waals surface area contributed by atoms with Gasteiger partial charge >= 0.3 is 5.97 Å². The van der Waals surface area contributed by atoms with Crippen molar-refractivity contribution in [1.82, 2.24) is 0 Å². The first-order valence-electron chi connectivity index (χ1n) is 5.77. The summed E-state index contributed by atoms with van der Waals surface area (Å²) >= 11 is 1.19. The monoisotopic (exact) mass is 348 g/mol. The van der Waals surface area contributed by atoms with Crippen LogP contribution in [0.25, 0.3) is 0 Å². The summed E-state index contributed by atoms with van der Waals surface area (Å²) in [6, 6.07) is 0. The molecule has 0 saturated carbocycles. The minimum absolute atomic E-state index is 0.134. The van der Waals surface area contributed by atoms with Crippen LogP contribution in [0.3, 0.4) is 0 Å². The van der Waals surface area contributed by atoms with E-state index in [-0.39, 0.29) is 24.5 Å². The van der Waals surface area contributed by atoms with Crippen molar-refractivity contribution in [3.8, 4) is 0 Å². The molecule has 10 nitrogen and oxygen atoms in total. The molecule has 5 atom stereocenters. The third-order valence-corrected chi connectivity index (χ3v) is 4.20. The smallest absolute Gasteiger partial charge is 0.304 e. The molecule has 0 amide bonds. The zero-order valence-electron chi connectivity index (χ0n) is 10.6. The summed E-state index contributed by atoms with van der Waals surface area (Å²) in [5, 5.41) is 48.9. The van der Waals surface area contributed by atoms with E-state index in [1.54, 1.807) is 0 Å². The van der Waals surface area contributed by atoms with Crippen molar-refractivity contribution < 1.29 is 48.8 Å². The van der Waals surface area contributed by atoms with Crippen molar-refractivity contribution >= 4 is 30.1 Å². The zero-order chi connectivity index (χ0) is 15.8. The minimum atomic E-state index is -1.35. The first kappa shape index (κ1) is 18.9. The van der Waals surface area contributed by atoms with Gasteiger partial charge in [0.15, 0.2) is 12.3 Å². The van der Waals surface area contributed by atoms with Gasteiger partial charge < -0.3 is 25.2 Å². The van der Waals surface area contributed by atoms with Gasteiger partial charge in [0, 0.05) is 5.75 Å². The van der Waals surface area contributed by atoms with Crippen molar-refractivity contribution in [3.63, 3.8) is 0 Å². The van der Waals surface area contributed by atoms with Gasteiger partial charge in [0.1, 0.15) is 29.9 Å². The molecule has 12 heteroatoms. The van der Waals surface area contributed by atoms with Crippen LogP contribution in [0, 0.1) is 0 Å². The number of aliphatic hydroxyl groups is 3. The number of rotatable bonds is 9. The SMILES string of the molecule is O=C(O)CCS[C@@H]1OC(CO)[C@H](O)[C@H](OSOOO)C1O. The maximum Gasteiger partial charge on any atom is 0.304 e. The number of carboxylic acid groups (broad SMARTS) is 1. The van der Waals surface area contributed by atoms with E-state index >= 15 is 0 Å². The van der Waals surface area contributed by atoms with Gasteiger partial charge in [-0.1, -0.05) is 5.04 Å². The first-order valence-corrected chi connectivity index (χ1v) is 7.48. The standard InChI is InChI=1S/C9H16O10S2/c10-3-4-6(13)8(17-21-19-18-15)7(14)9(16-4)20-2-1-5(11)12/h4,6-10,13-15H,1-3H2,(H,11,12)/t4?,6-,7?,8-,9-/m0/s1. The third-order valence-electron chi connectivity index (χ3n) is 2.63. The Morgan fingerprint density at radius 3 is 2.57 bits per heavy atom. The number of aliphatic hydroxyl groups excluding tert-OH is 3. The number of aliphatic carboxylic acids is 1. The molecular formula is C9H16O10S2. The van der Waals surface area contributed by atoms with Crippen LogP contribution in [0.2, 0.25) is 0 Å². The van der Waals surface area contributed by atoms with E-state index in [0.717, 1.165) is 11.8 Å². The molecule has 2 unspecified atom stereocenters. The fraction of sp³-hybridized carbons (Fsp3) is 0.889. The summed E-state index contributed by atoms with van der Waals surface area (Å²) in [7, 11) is 0. The van der Waals surface area contributed by atoms with Gasteiger partial charge in [-0.2, -0.15) is 0 Å². The molecule has 0 bridgehead atoms. The highest BCUT2D eigenvalue weighted by atomic mass is 32.2. The van der Waals surface area contributed by atoms with Gasteiger partial charge in [-0.15, -0.1) is 16.1 Å². The Kier molecular flexibility index (Phi) is 8.80. The van der Waals surface area contributed by atoms with Crippen LogP contribution in [0.15, 0.2) is 0 Å². The third kappa shape index (κ3) is 5.86. The van der Waals surface area contributed by atoms with Crippen LogP contribution in [0.1, 0.15) is 6.42 Å². The lowest BCUT2D eigenvalue weighted by atomic mass is 10.0. The molecule has 0 aliphatic carbocycles. The Morgan fingerprint density at radius 1 is 1.29 bits per heavy atom. The quantitative estimate of drug-likeness (QED) is 0.150. The van der Waals surface area contributed by atoms with Crippen molar-refractivity contribution in [3.05, 3.63) is 0 Å². The number of hydrogen-bond donors (Lipinski definition) is 5. The molecule has 1 saturated heterocycles. The molecule has 21 heavy (non-hydrogen) atoms. The summed E-state index contributed by atoms with van der Waals surface area (Å²) in [5.41, 5.74) is -0.898. The van der Waals surface area contributed by atoms with E-state index in [1.165, 1.54) is 0 Å². The van der Waals surface area contributed by atoms with Gasteiger partial charge in [0.05, 0.1) is 13.0 Å². The normalized spacial score (nSPS) is 33.0. The van der Waals surface area contributed by atoms with Gasteiger partial charge in [-0.05, 0) is 0 Å². The lowest BCUT2D eigenvalue weighted by Crippen LogP contribution is -2.58. The van der Waals surface area contributed by atoms with Crippen LogP contribution in [-0.2, 0) is 23.1 Å². The zero-order valence-corrected chi connectivity index (χ0v) is 12.2. The Hall–Kier alpha value is -0.150. The van der Waals surface area contributed by atoms with Gasteiger partial charge in [0.25, 0.3) is 0 Å². The summed E-state index contributed by atoms with van der Waals surface area (Å²) < 4.78 is 14.2. The summed E-state index contributed by atoms with van der Waals surface area (Å²) in [5.74, 6) is -0.829. The van der Waals surface area contributed by atoms with E-state index in [0.29, 0.717) is 0 Å². The van der Waals surface area contributed by atoms with Gasteiger partial charge in [-0.25, -0.2) is 5.26 Å². The van der Waals surface area contributed by atoms with Gasteiger partial charge in [-0.3, -0.25) is 8.98 Å². The van der Waals surface area contributed by atoms with Crippen molar-refractivity contribution in [2.24, 2.45) is 0 Å². The molecule has 0 radical (unpaired) electrons. The number of thioether (sulfide) groups is 1. The average molecular weight is 348 g/mol. The van der Waals surface area contributed by atoms with Crippen molar-refractivity contribution in [2.45, 2.75) is 36.3 Å². The summed E-state index contributed by atoms with van der Waals surface area (Å²) in [6.45, 7) is -0.522. The van der Waals surface area contributed by atoms with E-state index < -0.39 is 42.4 Å². The van der Waals surface area contributed by atoms with Crippen LogP contribution in [0.5, 0.6) is 0 Å². The number of carbonyl (C=O) groups is 1. The fourth-order valence-corrected chi connectivity index (χ4v) is 3.11. The number of ether oxygens (including phenoxy) is 1. The molecular weight excluding hydrogens is 332 g/mol. The molecule has 5 N–H and O–H groups in total. The van der Waals surface area contributed by atoms with Crippen molar-refractivity contribution in [2.75, 3.05) is 12.4 Å². The van der Waals surface area contributed by atoms with Crippen molar-refractivity contribution in [1.29, 1.82) is 0 Å². The highest BCUT2D eigenvalue weighted by Crippen LogP contribution is 2.32. The second kappa shape index (κ2) is 9.78. The van der Waals surface area contributed by atoms with E-state index in [4.69, 9.17) is 24.4 Å². The maximum absolute atomic E-state index is 10.5. The summed E-state index contributed by atoms with van der Waals surface area (Å²) in [6.07, 6.45) is -5.01. The Morgan fingerprint density at radius 2 is 2.00 bits per heavy atom. The van der Waals surface area contributed by atoms with Gasteiger partial charge in [0.2, 0.25) is 0 Å². The van der Waals surface area contributed by atoms with E-state index in [9.17, 15) is 15.0 Å². The topological polar surface area (TPSA) is 155 Å². The lowest BCUT2D eigenvalue weighted by molar-refractivity contribution is -0.434. The molecule has 1 aliphatic heterocycles. The number of hydrogen-bond acceptors (Lipinski definition) is 11. The van der Waals surface area contributed by atoms with Crippen LogP contribution in [-0.4, -0.2) is 73.9 Å². The second-order valence-electron chi connectivity index (χ2n) is 3.99. The molecule has 0 aromatic carbocycles.